The molecule has 0 unspecified atom stereocenters. The van der Waals surface area contributed by atoms with E-state index in [0.717, 1.165) is 26.9 Å². The smallest absolute Gasteiger partial charge is 0.411 e. The molecule has 1 N–H and O–H groups in total. The molecule has 0 saturated heterocycles. The fraction of sp³-hybridized carbons (Fsp3) is 0.412. The van der Waals surface area contributed by atoms with Crippen LogP contribution in [0.5, 0.6) is 0 Å². The molecule has 3 rings (SSSR count). The number of halogens is 1. The van der Waals surface area contributed by atoms with Crippen molar-refractivity contribution in [1.29, 1.82) is 0 Å². The monoisotopic (exact) mass is 377 g/mol. The maximum atomic E-state index is 12.5. The molecule has 0 aliphatic carbocycles. The van der Waals surface area contributed by atoms with Crippen LogP contribution in [0.3, 0.4) is 0 Å². The van der Waals surface area contributed by atoms with Gasteiger partial charge < -0.3 is 9.72 Å². The highest BCUT2D eigenvalue weighted by molar-refractivity contribution is 9.10. The van der Waals surface area contributed by atoms with Gasteiger partial charge >= 0.3 is 6.09 Å². The predicted molar refractivity (Wildman–Crippen MR) is 93.2 cm³/mol. The first kappa shape index (κ1) is 16.1. The summed E-state index contributed by atoms with van der Waals surface area (Å²) in [4.78, 5) is 22.1. The molecular weight excluding hydrogens is 358 g/mol. The molecule has 0 saturated carbocycles. The lowest BCUT2D eigenvalue weighted by atomic mass is 10.2. The van der Waals surface area contributed by atoms with Crippen molar-refractivity contribution in [3.63, 3.8) is 0 Å². The van der Waals surface area contributed by atoms with Gasteiger partial charge in [-0.15, -0.1) is 0 Å². The third-order valence-electron chi connectivity index (χ3n) is 3.57. The number of rotatable bonds is 1. The lowest BCUT2D eigenvalue weighted by molar-refractivity contribution is 0.0233. The zero-order chi connectivity index (χ0) is 16.8. The van der Waals surface area contributed by atoms with Crippen LogP contribution in [0.15, 0.2) is 34.3 Å². The van der Waals surface area contributed by atoms with Crippen molar-refractivity contribution in [1.82, 2.24) is 14.9 Å². The Bertz CT molecular complexity index is 789. The minimum Gasteiger partial charge on any atom is -0.444 e. The molecule has 0 fully saturated rings. The number of amides is 1. The highest BCUT2D eigenvalue weighted by Crippen LogP contribution is 2.31. The summed E-state index contributed by atoms with van der Waals surface area (Å²) in [6.45, 7) is 8.18. The van der Waals surface area contributed by atoms with Crippen molar-refractivity contribution in [2.45, 2.75) is 39.3 Å². The number of nitrogens with one attached hydrogen (secondary N) is 1. The lowest BCUT2D eigenvalue weighted by Crippen LogP contribution is -2.37. The van der Waals surface area contributed by atoms with Crippen LogP contribution in [0.4, 0.5) is 4.79 Å². The van der Waals surface area contributed by atoms with Gasteiger partial charge in [0.2, 0.25) is 0 Å². The Morgan fingerprint density at radius 3 is 2.87 bits per heavy atom. The number of hydrogen-bond donors (Lipinski definition) is 1. The van der Waals surface area contributed by atoms with Gasteiger partial charge in [0.15, 0.2) is 0 Å². The van der Waals surface area contributed by atoms with Crippen molar-refractivity contribution in [2.75, 3.05) is 6.54 Å². The molecule has 1 aromatic carbocycles. The molecule has 23 heavy (non-hydrogen) atoms. The quantitative estimate of drug-likeness (QED) is 0.740. The molecule has 0 radical (unpaired) electrons. The van der Waals surface area contributed by atoms with Crippen LogP contribution in [0, 0.1) is 0 Å². The number of aromatic nitrogens is 2. The van der Waals surface area contributed by atoms with Crippen LogP contribution in [-0.4, -0.2) is 33.1 Å². The van der Waals surface area contributed by atoms with Gasteiger partial charge in [0.1, 0.15) is 17.5 Å². The SMILES string of the molecule is CC1=C[C@@H](c2nc3ccc(Br)cc3[nH]2)N(C(=O)OC(C)(C)C)C1. The second-order valence-electron chi connectivity index (χ2n) is 6.85. The Kier molecular flexibility index (Phi) is 3.96. The molecule has 1 amide bonds. The van der Waals surface area contributed by atoms with Crippen LogP contribution < -0.4 is 0 Å². The molecule has 1 aliphatic heterocycles. The van der Waals surface area contributed by atoms with Gasteiger partial charge in [-0.3, -0.25) is 4.90 Å². The van der Waals surface area contributed by atoms with Gasteiger partial charge in [0.25, 0.3) is 0 Å². The van der Waals surface area contributed by atoms with E-state index in [0.29, 0.717) is 6.54 Å². The van der Waals surface area contributed by atoms with Crippen LogP contribution in [0.1, 0.15) is 39.6 Å². The van der Waals surface area contributed by atoms with E-state index < -0.39 is 5.60 Å². The zero-order valence-electron chi connectivity index (χ0n) is 13.7. The number of ether oxygens (including phenoxy) is 1. The van der Waals surface area contributed by atoms with Crippen molar-refractivity contribution >= 4 is 33.1 Å². The largest absolute Gasteiger partial charge is 0.444 e. The molecule has 2 aromatic rings. The number of imidazole rings is 1. The molecule has 1 atom stereocenters. The number of benzene rings is 1. The first-order valence-electron chi connectivity index (χ1n) is 7.55. The standard InChI is InChI=1S/C17H20BrN3O2/c1-10-7-14(21(9-10)16(22)23-17(2,3)4)15-19-12-6-5-11(18)8-13(12)20-15/h5-8,14H,9H2,1-4H3,(H,19,20)/t14-/m0/s1. The number of nitrogens with zero attached hydrogens (tertiary/aromatic N) is 2. The summed E-state index contributed by atoms with van der Waals surface area (Å²) in [6, 6.07) is 5.66. The second kappa shape index (κ2) is 5.67. The van der Waals surface area contributed by atoms with E-state index in [1.807, 2.05) is 45.9 Å². The van der Waals surface area contributed by atoms with Crippen molar-refractivity contribution in [3.05, 3.63) is 40.1 Å². The number of fused-ring (bicyclic) bond motifs is 1. The summed E-state index contributed by atoms with van der Waals surface area (Å²) < 4.78 is 6.51. The van der Waals surface area contributed by atoms with E-state index in [1.54, 1.807) is 4.90 Å². The molecular formula is C17H20BrN3O2. The molecule has 122 valence electrons. The number of H-pyrrole nitrogens is 1. The average molecular weight is 378 g/mol. The van der Waals surface area contributed by atoms with Gasteiger partial charge in [-0.05, 0) is 45.9 Å². The number of carbonyl (C=O) groups excluding carboxylic acids is 1. The topological polar surface area (TPSA) is 58.2 Å². The summed E-state index contributed by atoms with van der Waals surface area (Å²) in [5, 5.41) is 0. The molecule has 6 heteroatoms. The highest BCUT2D eigenvalue weighted by atomic mass is 79.9. The van der Waals surface area contributed by atoms with Crippen molar-refractivity contribution in [3.8, 4) is 0 Å². The Morgan fingerprint density at radius 2 is 2.17 bits per heavy atom. The predicted octanol–water partition coefficient (Wildman–Crippen LogP) is 4.56. The van der Waals surface area contributed by atoms with E-state index >= 15 is 0 Å². The van der Waals surface area contributed by atoms with Gasteiger partial charge in [0.05, 0.1) is 11.0 Å². The Balaban J connectivity index is 1.92. The molecule has 2 heterocycles. The van der Waals surface area contributed by atoms with Crippen LogP contribution >= 0.6 is 15.9 Å². The summed E-state index contributed by atoms with van der Waals surface area (Å²) >= 11 is 3.46. The van der Waals surface area contributed by atoms with Gasteiger partial charge in [-0.25, -0.2) is 9.78 Å². The van der Waals surface area contributed by atoms with E-state index in [-0.39, 0.29) is 12.1 Å². The van der Waals surface area contributed by atoms with E-state index in [4.69, 9.17) is 4.74 Å². The number of carbonyl (C=O) groups is 1. The minimum atomic E-state index is -0.517. The zero-order valence-corrected chi connectivity index (χ0v) is 15.3. The van der Waals surface area contributed by atoms with Crippen molar-refractivity contribution in [2.24, 2.45) is 0 Å². The summed E-state index contributed by atoms with van der Waals surface area (Å²) in [7, 11) is 0. The maximum absolute atomic E-state index is 12.5. The number of aromatic amines is 1. The summed E-state index contributed by atoms with van der Waals surface area (Å²) in [6.07, 6.45) is 1.73. The minimum absolute atomic E-state index is 0.226. The summed E-state index contributed by atoms with van der Waals surface area (Å²) in [5.74, 6) is 0.751. The molecule has 0 spiro atoms. The van der Waals surface area contributed by atoms with Gasteiger partial charge in [0, 0.05) is 11.0 Å². The fourth-order valence-electron chi connectivity index (χ4n) is 2.65. The Hall–Kier alpha value is -1.82. The second-order valence-corrected chi connectivity index (χ2v) is 7.77. The van der Waals surface area contributed by atoms with E-state index in [9.17, 15) is 4.79 Å². The maximum Gasteiger partial charge on any atom is 0.411 e. The summed E-state index contributed by atoms with van der Waals surface area (Å²) in [5.41, 5.74) is 2.43. The first-order valence-corrected chi connectivity index (χ1v) is 8.34. The van der Waals surface area contributed by atoms with Gasteiger partial charge in [-0.1, -0.05) is 27.6 Å². The van der Waals surface area contributed by atoms with Crippen LogP contribution in [-0.2, 0) is 4.74 Å². The van der Waals surface area contributed by atoms with Crippen LogP contribution in [0.25, 0.3) is 11.0 Å². The van der Waals surface area contributed by atoms with Crippen molar-refractivity contribution < 1.29 is 9.53 Å². The molecule has 0 bridgehead atoms. The molecule has 1 aliphatic rings. The number of hydrogen-bond acceptors (Lipinski definition) is 3. The lowest BCUT2D eigenvalue weighted by Gasteiger charge is -2.27. The first-order chi connectivity index (χ1) is 10.7. The third kappa shape index (κ3) is 3.42. The van der Waals surface area contributed by atoms with E-state index in [2.05, 4.69) is 32.0 Å². The normalized spacial score (nSPS) is 18.4. The molecule has 1 aromatic heterocycles. The molecule has 5 nitrogen and oxygen atoms in total. The fourth-order valence-corrected chi connectivity index (χ4v) is 3.01. The van der Waals surface area contributed by atoms with Gasteiger partial charge in [-0.2, -0.15) is 0 Å². The Morgan fingerprint density at radius 1 is 1.43 bits per heavy atom. The highest BCUT2D eigenvalue weighted by Gasteiger charge is 2.33. The Labute approximate surface area is 143 Å². The van der Waals surface area contributed by atoms with Crippen LogP contribution in [0.2, 0.25) is 0 Å². The average Bonchev–Trinajstić information content (AvgIpc) is 2.99. The van der Waals surface area contributed by atoms with E-state index in [1.165, 1.54) is 0 Å². The third-order valence-corrected chi connectivity index (χ3v) is 4.06.